The molecule has 3 nitrogen and oxygen atoms in total. The van der Waals surface area contributed by atoms with Gasteiger partial charge >= 0.3 is 0 Å². The summed E-state index contributed by atoms with van der Waals surface area (Å²) in [6, 6.07) is 7.73. The Labute approximate surface area is 159 Å². The van der Waals surface area contributed by atoms with Crippen molar-refractivity contribution < 1.29 is 21.9 Å². The van der Waals surface area contributed by atoms with Crippen LogP contribution in [0.5, 0.6) is 5.75 Å². The van der Waals surface area contributed by atoms with Crippen LogP contribution in [0.4, 0.5) is 8.78 Å². The molecule has 2 aliphatic rings. The number of hydrogen-bond donors (Lipinski definition) is 0. The van der Waals surface area contributed by atoms with E-state index in [-0.39, 0.29) is 29.2 Å². The van der Waals surface area contributed by atoms with Gasteiger partial charge in [0, 0.05) is 5.02 Å². The lowest BCUT2D eigenvalue weighted by Crippen LogP contribution is -2.53. The van der Waals surface area contributed by atoms with Crippen LogP contribution in [0.15, 0.2) is 41.3 Å². The average molecular weight is 417 g/mol. The highest BCUT2D eigenvalue weighted by Crippen LogP contribution is 2.55. The van der Waals surface area contributed by atoms with Crippen LogP contribution in [0.1, 0.15) is 18.4 Å². The molecule has 0 saturated carbocycles. The molecule has 1 saturated heterocycles. The average Bonchev–Trinajstić information content (AvgIpc) is 2.64. The number of sulfone groups is 1. The number of benzene rings is 2. The highest BCUT2D eigenvalue weighted by Gasteiger charge is 2.58. The smallest absolute Gasteiger partial charge is 0.189 e. The van der Waals surface area contributed by atoms with E-state index in [1.54, 1.807) is 0 Å². The zero-order valence-corrected chi connectivity index (χ0v) is 15.9. The first kappa shape index (κ1) is 18.1. The Morgan fingerprint density at radius 1 is 1.12 bits per heavy atom. The third kappa shape index (κ3) is 2.47. The fraction of sp³-hybridized carbons (Fsp3) is 0.333. The van der Waals surface area contributed by atoms with Crippen LogP contribution in [-0.4, -0.2) is 26.0 Å². The van der Waals surface area contributed by atoms with E-state index in [1.807, 2.05) is 0 Å². The summed E-state index contributed by atoms with van der Waals surface area (Å²) in [6.45, 7) is 0.0187. The van der Waals surface area contributed by atoms with Gasteiger partial charge in [0.15, 0.2) is 21.4 Å². The molecule has 2 heterocycles. The standard InChI is InChI=1S/C18H15ClF2O3S2/c19-11-2-4-12(5-3-11)26(22,23)18-8-1-9-25-15(18)10-24-17-14(21)7-6-13(20)16(17)18/h2-7,15H,1,8-10H2/t15-,18+/m1/s1. The van der Waals surface area contributed by atoms with Gasteiger partial charge in [0.1, 0.15) is 17.2 Å². The van der Waals surface area contributed by atoms with Gasteiger partial charge in [-0.15, -0.1) is 0 Å². The van der Waals surface area contributed by atoms with E-state index in [4.69, 9.17) is 16.3 Å². The molecule has 2 aromatic carbocycles. The number of rotatable bonds is 2. The topological polar surface area (TPSA) is 43.4 Å². The molecule has 2 aliphatic heterocycles. The monoisotopic (exact) mass is 416 g/mol. The van der Waals surface area contributed by atoms with Crippen LogP contribution in [0.2, 0.25) is 5.02 Å². The van der Waals surface area contributed by atoms with Crippen molar-refractivity contribution in [3.05, 3.63) is 58.6 Å². The van der Waals surface area contributed by atoms with Crippen molar-refractivity contribution in [2.45, 2.75) is 27.7 Å². The Hall–Kier alpha value is -1.31. The Kier molecular flexibility index (Phi) is 4.44. The SMILES string of the molecule is O=S(=O)(c1ccc(Cl)cc1)[C@@]12CCCS[C@@H]1COc1c(F)ccc(F)c12. The number of ether oxygens (including phenoxy) is 1. The number of fused-ring (bicyclic) bond motifs is 3. The zero-order chi connectivity index (χ0) is 18.5. The van der Waals surface area contributed by atoms with Gasteiger partial charge in [0.05, 0.1) is 15.7 Å². The summed E-state index contributed by atoms with van der Waals surface area (Å²) in [5, 5.41) is -0.110. The molecule has 2 atom stereocenters. The van der Waals surface area contributed by atoms with Crippen LogP contribution in [0.3, 0.4) is 0 Å². The van der Waals surface area contributed by atoms with Crippen molar-refractivity contribution in [2.75, 3.05) is 12.4 Å². The maximum absolute atomic E-state index is 14.8. The third-order valence-corrected chi connectivity index (χ3v) is 9.41. The lowest BCUT2D eigenvalue weighted by Gasteiger charge is -2.46. The second kappa shape index (κ2) is 6.39. The minimum Gasteiger partial charge on any atom is -0.489 e. The van der Waals surface area contributed by atoms with Crippen molar-refractivity contribution >= 4 is 33.2 Å². The Balaban J connectivity index is 2.02. The molecule has 1 fully saturated rings. The summed E-state index contributed by atoms with van der Waals surface area (Å²) in [5.41, 5.74) is -0.184. The summed E-state index contributed by atoms with van der Waals surface area (Å²) in [7, 11) is -4.02. The van der Waals surface area contributed by atoms with Gasteiger partial charge in [0.2, 0.25) is 0 Å². The van der Waals surface area contributed by atoms with Crippen molar-refractivity contribution in [3.8, 4) is 5.75 Å². The van der Waals surface area contributed by atoms with E-state index < -0.39 is 31.5 Å². The molecule has 0 unspecified atom stereocenters. The molecule has 2 aromatic rings. The zero-order valence-electron chi connectivity index (χ0n) is 13.5. The maximum atomic E-state index is 14.8. The van der Waals surface area contributed by atoms with Crippen molar-refractivity contribution in [3.63, 3.8) is 0 Å². The normalized spacial score (nSPS) is 25.1. The molecule has 0 N–H and O–H groups in total. The number of hydrogen-bond acceptors (Lipinski definition) is 4. The van der Waals surface area contributed by atoms with Crippen LogP contribution in [-0.2, 0) is 14.6 Å². The van der Waals surface area contributed by atoms with Gasteiger partial charge in [-0.25, -0.2) is 17.2 Å². The summed E-state index contributed by atoms with van der Waals surface area (Å²) >= 11 is 7.31. The van der Waals surface area contributed by atoms with Crippen molar-refractivity contribution in [1.29, 1.82) is 0 Å². The van der Waals surface area contributed by atoms with Crippen LogP contribution in [0, 0.1) is 11.6 Å². The molecule has 0 radical (unpaired) electrons. The van der Waals surface area contributed by atoms with Gasteiger partial charge < -0.3 is 4.74 Å². The molecular weight excluding hydrogens is 402 g/mol. The summed E-state index contributed by atoms with van der Waals surface area (Å²) in [5.74, 6) is -1.05. The largest absolute Gasteiger partial charge is 0.489 e. The molecule has 8 heteroatoms. The molecule has 0 amide bonds. The summed E-state index contributed by atoms with van der Waals surface area (Å²) < 4.78 is 60.4. The maximum Gasteiger partial charge on any atom is 0.189 e. The minimum atomic E-state index is -4.02. The van der Waals surface area contributed by atoms with Crippen LogP contribution in [0.25, 0.3) is 0 Å². The molecule has 0 aliphatic carbocycles. The third-order valence-electron chi connectivity index (χ3n) is 5.00. The molecular formula is C18H15ClF2O3S2. The predicted molar refractivity (Wildman–Crippen MR) is 97.6 cm³/mol. The van der Waals surface area contributed by atoms with Gasteiger partial charge in [-0.1, -0.05) is 11.6 Å². The van der Waals surface area contributed by atoms with E-state index in [0.717, 1.165) is 17.9 Å². The molecule has 138 valence electrons. The molecule has 4 rings (SSSR count). The highest BCUT2D eigenvalue weighted by molar-refractivity contribution is 8.01. The van der Waals surface area contributed by atoms with Crippen LogP contribution < -0.4 is 4.74 Å². The first-order valence-corrected chi connectivity index (χ1v) is 11.0. The minimum absolute atomic E-state index is 0.0187. The fourth-order valence-corrected chi connectivity index (χ4v) is 7.99. The van der Waals surface area contributed by atoms with E-state index in [9.17, 15) is 17.2 Å². The summed E-state index contributed by atoms with van der Waals surface area (Å²) in [6.07, 6.45) is 0.801. The summed E-state index contributed by atoms with van der Waals surface area (Å²) in [4.78, 5) is 0.0471. The molecule has 0 spiro atoms. The van der Waals surface area contributed by atoms with Gasteiger partial charge in [0.25, 0.3) is 0 Å². The second-order valence-electron chi connectivity index (χ2n) is 6.35. The lowest BCUT2D eigenvalue weighted by molar-refractivity contribution is 0.231. The first-order valence-electron chi connectivity index (χ1n) is 8.11. The lowest BCUT2D eigenvalue weighted by atomic mass is 9.86. The van der Waals surface area contributed by atoms with Gasteiger partial charge in [-0.2, -0.15) is 11.8 Å². The van der Waals surface area contributed by atoms with E-state index in [0.29, 0.717) is 11.4 Å². The van der Waals surface area contributed by atoms with Gasteiger partial charge in [-0.05, 0) is 55.0 Å². The molecule has 0 aromatic heterocycles. The molecule has 0 bridgehead atoms. The Morgan fingerprint density at radius 3 is 2.54 bits per heavy atom. The Bertz CT molecular complexity index is 963. The number of halogens is 3. The van der Waals surface area contributed by atoms with Crippen LogP contribution >= 0.6 is 23.4 Å². The van der Waals surface area contributed by atoms with E-state index >= 15 is 0 Å². The van der Waals surface area contributed by atoms with Crippen molar-refractivity contribution in [2.24, 2.45) is 0 Å². The van der Waals surface area contributed by atoms with Crippen molar-refractivity contribution in [1.82, 2.24) is 0 Å². The number of thioether (sulfide) groups is 1. The van der Waals surface area contributed by atoms with E-state index in [2.05, 4.69) is 0 Å². The van der Waals surface area contributed by atoms with E-state index in [1.165, 1.54) is 36.0 Å². The molecule has 26 heavy (non-hydrogen) atoms. The first-order chi connectivity index (χ1) is 12.4. The Morgan fingerprint density at radius 2 is 1.81 bits per heavy atom. The fourth-order valence-electron chi connectivity index (χ4n) is 3.82. The quantitative estimate of drug-likeness (QED) is 0.719. The predicted octanol–water partition coefficient (Wildman–Crippen LogP) is 4.58. The highest BCUT2D eigenvalue weighted by atomic mass is 35.5. The second-order valence-corrected chi connectivity index (χ2v) is 10.3. The van der Waals surface area contributed by atoms with Gasteiger partial charge in [-0.3, -0.25) is 0 Å².